The number of rotatable bonds is 5. The molecule has 1 N–H and O–H groups in total. The summed E-state index contributed by atoms with van der Waals surface area (Å²) in [5, 5.41) is 15.8. The van der Waals surface area contributed by atoms with Crippen LogP contribution in [-0.4, -0.2) is 35.7 Å². The zero-order chi connectivity index (χ0) is 19.5. The van der Waals surface area contributed by atoms with Crippen LogP contribution in [0.25, 0.3) is 11.5 Å². The summed E-state index contributed by atoms with van der Waals surface area (Å²) in [4.78, 5) is 18.4. The van der Waals surface area contributed by atoms with Gasteiger partial charge in [-0.15, -0.1) is 4.80 Å². The maximum atomic E-state index is 12.8. The molecule has 0 bridgehead atoms. The van der Waals surface area contributed by atoms with E-state index in [2.05, 4.69) is 25.6 Å². The third-order valence-electron chi connectivity index (χ3n) is 4.16. The molecule has 8 nitrogen and oxygen atoms in total. The minimum absolute atomic E-state index is 0.262. The summed E-state index contributed by atoms with van der Waals surface area (Å²) >= 11 is 6.28. The summed E-state index contributed by atoms with van der Waals surface area (Å²) < 4.78 is 1.70. The molecule has 0 saturated carbocycles. The van der Waals surface area contributed by atoms with Crippen LogP contribution in [0.4, 0.5) is 5.69 Å². The van der Waals surface area contributed by atoms with Gasteiger partial charge in [0.15, 0.2) is 5.82 Å². The molecule has 4 rings (SSSR count). The molecule has 3 aromatic heterocycles. The Labute approximate surface area is 165 Å². The van der Waals surface area contributed by atoms with Gasteiger partial charge in [-0.25, -0.2) is 9.67 Å². The van der Waals surface area contributed by atoms with E-state index >= 15 is 0 Å². The molecule has 4 aromatic rings. The number of halogens is 1. The van der Waals surface area contributed by atoms with Gasteiger partial charge in [0.05, 0.1) is 52.4 Å². The quantitative estimate of drug-likeness (QED) is 0.561. The fraction of sp³-hybridized carbons (Fsp3) is 0.105. The van der Waals surface area contributed by atoms with Gasteiger partial charge < -0.3 is 5.32 Å². The predicted octanol–water partition coefficient (Wildman–Crippen LogP) is 3.32. The molecule has 1 aromatic carbocycles. The van der Waals surface area contributed by atoms with Crippen LogP contribution in [0.2, 0.25) is 5.02 Å². The van der Waals surface area contributed by atoms with Gasteiger partial charge in [-0.3, -0.25) is 4.79 Å². The normalized spacial score (nSPS) is 10.8. The second-order valence-corrected chi connectivity index (χ2v) is 6.31. The molecule has 0 aliphatic rings. The minimum atomic E-state index is -0.262. The third-order valence-corrected chi connectivity index (χ3v) is 4.48. The molecule has 0 aliphatic heterocycles. The van der Waals surface area contributed by atoms with Crippen LogP contribution in [0, 0.1) is 0 Å². The van der Waals surface area contributed by atoms with E-state index in [1.54, 1.807) is 47.7 Å². The molecule has 0 atom stereocenters. The van der Waals surface area contributed by atoms with Crippen LogP contribution in [0.1, 0.15) is 23.0 Å². The van der Waals surface area contributed by atoms with Gasteiger partial charge in [0.2, 0.25) is 0 Å². The van der Waals surface area contributed by atoms with E-state index < -0.39 is 0 Å². The number of pyridine rings is 1. The van der Waals surface area contributed by atoms with Crippen LogP contribution in [0.15, 0.2) is 61.2 Å². The van der Waals surface area contributed by atoms with Gasteiger partial charge in [-0.2, -0.15) is 15.3 Å². The number of hydrogen-bond donors (Lipinski definition) is 1. The fourth-order valence-electron chi connectivity index (χ4n) is 2.85. The Hall–Kier alpha value is -3.52. The van der Waals surface area contributed by atoms with Crippen molar-refractivity contribution < 1.29 is 4.79 Å². The number of carbonyl (C=O) groups excluding carboxylic acids is 1. The van der Waals surface area contributed by atoms with Gasteiger partial charge in [0, 0.05) is 0 Å². The van der Waals surface area contributed by atoms with Gasteiger partial charge in [-0.1, -0.05) is 30.7 Å². The lowest BCUT2D eigenvalue weighted by Gasteiger charge is -2.10. The minimum Gasteiger partial charge on any atom is -0.320 e. The van der Waals surface area contributed by atoms with E-state index in [4.69, 9.17) is 11.6 Å². The molecule has 9 heteroatoms. The van der Waals surface area contributed by atoms with Gasteiger partial charge in [0.25, 0.3) is 5.91 Å². The van der Waals surface area contributed by atoms with Crippen molar-refractivity contribution in [2.45, 2.75) is 13.3 Å². The van der Waals surface area contributed by atoms with Gasteiger partial charge >= 0.3 is 0 Å². The molecule has 0 spiro atoms. The van der Waals surface area contributed by atoms with E-state index in [0.29, 0.717) is 28.5 Å². The summed E-state index contributed by atoms with van der Waals surface area (Å²) in [6.07, 6.45) is 6.87. The molecule has 0 unspecified atom stereocenters. The van der Waals surface area contributed by atoms with E-state index in [1.807, 2.05) is 25.1 Å². The van der Waals surface area contributed by atoms with Crippen LogP contribution < -0.4 is 5.32 Å². The highest BCUT2D eigenvalue weighted by atomic mass is 35.5. The number of hydrogen-bond acceptors (Lipinski definition) is 5. The lowest BCUT2D eigenvalue weighted by Crippen LogP contribution is -2.15. The monoisotopic (exact) mass is 393 g/mol. The van der Waals surface area contributed by atoms with E-state index in [0.717, 1.165) is 11.4 Å². The standard InChI is InChI=1S/C19H16ClN7O/c1-2-16-14(12-24-26(16)17-6-4-3-5-15(17)20)19(28)25-13-7-8-18(21-11-13)27-22-9-10-23-27/h3-12H,2H2,1H3,(H,25,28). The van der Waals surface area contributed by atoms with Crippen molar-refractivity contribution in [1.82, 2.24) is 29.8 Å². The van der Waals surface area contributed by atoms with Crippen LogP contribution in [0.5, 0.6) is 0 Å². The summed E-state index contributed by atoms with van der Waals surface area (Å²) in [6, 6.07) is 10.9. The number of nitrogens with one attached hydrogen (secondary N) is 1. The zero-order valence-corrected chi connectivity index (χ0v) is 15.7. The van der Waals surface area contributed by atoms with Crippen molar-refractivity contribution in [2.24, 2.45) is 0 Å². The summed E-state index contributed by atoms with van der Waals surface area (Å²) in [5.74, 6) is 0.297. The number of aromatic nitrogens is 6. The molecule has 140 valence electrons. The summed E-state index contributed by atoms with van der Waals surface area (Å²) in [6.45, 7) is 1.97. The van der Waals surface area contributed by atoms with Gasteiger partial charge in [0.1, 0.15) is 0 Å². The number of amides is 1. The maximum absolute atomic E-state index is 12.8. The lowest BCUT2D eigenvalue weighted by molar-refractivity contribution is 0.102. The third kappa shape index (κ3) is 3.37. The Morgan fingerprint density at radius 2 is 1.86 bits per heavy atom. The Morgan fingerprint density at radius 3 is 2.54 bits per heavy atom. The number of carbonyl (C=O) groups is 1. The predicted molar refractivity (Wildman–Crippen MR) is 105 cm³/mol. The molecule has 0 saturated heterocycles. The number of benzene rings is 1. The molecule has 0 fully saturated rings. The second-order valence-electron chi connectivity index (χ2n) is 5.90. The summed E-state index contributed by atoms with van der Waals surface area (Å²) in [7, 11) is 0. The Bertz CT molecular complexity index is 1100. The average molecular weight is 394 g/mol. The Kier molecular flexibility index (Phi) is 4.86. The molecule has 28 heavy (non-hydrogen) atoms. The smallest absolute Gasteiger partial charge is 0.259 e. The zero-order valence-electron chi connectivity index (χ0n) is 15.0. The lowest BCUT2D eigenvalue weighted by atomic mass is 10.2. The van der Waals surface area contributed by atoms with Crippen molar-refractivity contribution in [3.05, 3.63) is 77.5 Å². The largest absolute Gasteiger partial charge is 0.320 e. The molecular formula is C19H16ClN7O. The molecule has 0 aliphatic carbocycles. The molecule has 3 heterocycles. The van der Waals surface area contributed by atoms with E-state index in [1.165, 1.54) is 4.80 Å². The SMILES string of the molecule is CCc1c(C(=O)Nc2ccc(-n3nccn3)nc2)cnn1-c1ccccc1Cl. The van der Waals surface area contributed by atoms with Crippen LogP contribution >= 0.6 is 11.6 Å². The first kappa shape index (κ1) is 17.9. The number of nitrogens with zero attached hydrogens (tertiary/aromatic N) is 6. The topological polar surface area (TPSA) is 90.5 Å². The Balaban J connectivity index is 1.58. The summed E-state index contributed by atoms with van der Waals surface area (Å²) in [5.41, 5.74) is 2.56. The first-order chi connectivity index (χ1) is 13.7. The van der Waals surface area contributed by atoms with Crippen molar-refractivity contribution in [1.29, 1.82) is 0 Å². The van der Waals surface area contributed by atoms with Crippen molar-refractivity contribution in [2.75, 3.05) is 5.32 Å². The van der Waals surface area contributed by atoms with E-state index in [-0.39, 0.29) is 5.91 Å². The highest BCUT2D eigenvalue weighted by Gasteiger charge is 2.18. The molecule has 0 radical (unpaired) electrons. The number of para-hydroxylation sites is 1. The highest BCUT2D eigenvalue weighted by molar-refractivity contribution is 6.32. The van der Waals surface area contributed by atoms with Crippen molar-refractivity contribution in [3.63, 3.8) is 0 Å². The molecular weight excluding hydrogens is 378 g/mol. The van der Waals surface area contributed by atoms with Crippen molar-refractivity contribution in [3.8, 4) is 11.5 Å². The molecule has 1 amide bonds. The van der Waals surface area contributed by atoms with Gasteiger partial charge in [-0.05, 0) is 30.7 Å². The van der Waals surface area contributed by atoms with Crippen LogP contribution in [-0.2, 0) is 6.42 Å². The average Bonchev–Trinajstić information content (AvgIpc) is 3.39. The van der Waals surface area contributed by atoms with E-state index in [9.17, 15) is 4.79 Å². The maximum Gasteiger partial charge on any atom is 0.259 e. The van der Waals surface area contributed by atoms with Crippen molar-refractivity contribution >= 4 is 23.2 Å². The second kappa shape index (κ2) is 7.61. The first-order valence-electron chi connectivity index (χ1n) is 8.63. The van der Waals surface area contributed by atoms with Crippen LogP contribution in [0.3, 0.4) is 0 Å². The first-order valence-corrected chi connectivity index (χ1v) is 9.01. The fourth-order valence-corrected chi connectivity index (χ4v) is 3.06. The number of anilines is 1. The highest BCUT2D eigenvalue weighted by Crippen LogP contribution is 2.23. The Morgan fingerprint density at radius 1 is 1.07 bits per heavy atom.